The van der Waals surface area contributed by atoms with Gasteiger partial charge >= 0.3 is 0 Å². The third-order valence-electron chi connectivity index (χ3n) is 4.15. The van der Waals surface area contributed by atoms with Crippen molar-refractivity contribution >= 4 is 33.3 Å². The summed E-state index contributed by atoms with van der Waals surface area (Å²) in [4.78, 5) is 4.04. The standard InChI is InChI=1S/C17H20Cl2N2O5S/c1-27(22,23)25-10-15-9-24-17(26-15,11-21-7-6-20-12-21)5-4-13-2-3-14(18)8-16(13)19/h2-3,6-8,12,15H,4-5,9-11H2,1H3/t15-,17-/m0/s1. The predicted molar refractivity (Wildman–Crippen MR) is 101 cm³/mol. The highest BCUT2D eigenvalue weighted by molar-refractivity contribution is 7.85. The fourth-order valence-electron chi connectivity index (χ4n) is 2.90. The van der Waals surface area contributed by atoms with Gasteiger partial charge in [-0.25, -0.2) is 4.98 Å². The Morgan fingerprint density at radius 1 is 1.41 bits per heavy atom. The number of rotatable bonds is 8. The molecule has 1 aromatic carbocycles. The first-order chi connectivity index (χ1) is 12.7. The first kappa shape index (κ1) is 20.6. The summed E-state index contributed by atoms with van der Waals surface area (Å²) in [6, 6.07) is 5.35. The second-order valence-electron chi connectivity index (χ2n) is 6.42. The second-order valence-corrected chi connectivity index (χ2v) is 8.91. The van der Waals surface area contributed by atoms with Crippen LogP contribution in [-0.2, 0) is 36.7 Å². The average molecular weight is 435 g/mol. The van der Waals surface area contributed by atoms with E-state index in [4.69, 9.17) is 36.9 Å². The summed E-state index contributed by atoms with van der Waals surface area (Å²) < 4.78 is 41.2. The fourth-order valence-corrected chi connectivity index (χ4v) is 3.80. The quantitative estimate of drug-likeness (QED) is 0.594. The molecule has 0 amide bonds. The van der Waals surface area contributed by atoms with Crippen molar-refractivity contribution in [3.63, 3.8) is 0 Å². The van der Waals surface area contributed by atoms with Crippen molar-refractivity contribution in [2.24, 2.45) is 0 Å². The molecule has 2 atom stereocenters. The maximum absolute atomic E-state index is 11.2. The van der Waals surface area contributed by atoms with Crippen LogP contribution in [0.15, 0.2) is 36.9 Å². The molecular formula is C17H20Cl2N2O5S. The number of hydrogen-bond acceptors (Lipinski definition) is 6. The molecule has 0 saturated carbocycles. The first-order valence-electron chi connectivity index (χ1n) is 8.31. The summed E-state index contributed by atoms with van der Waals surface area (Å²) in [7, 11) is -3.54. The van der Waals surface area contributed by atoms with Crippen LogP contribution in [0.1, 0.15) is 12.0 Å². The van der Waals surface area contributed by atoms with Crippen LogP contribution >= 0.6 is 23.2 Å². The fraction of sp³-hybridized carbons (Fsp3) is 0.471. The topological polar surface area (TPSA) is 79.7 Å². The number of imidazole rings is 1. The lowest BCUT2D eigenvalue weighted by Crippen LogP contribution is -2.37. The van der Waals surface area contributed by atoms with Crippen LogP contribution in [0.25, 0.3) is 0 Å². The zero-order chi connectivity index (χ0) is 19.5. The van der Waals surface area contributed by atoms with E-state index in [0.29, 0.717) is 29.4 Å². The Balaban J connectivity index is 1.71. The van der Waals surface area contributed by atoms with Crippen molar-refractivity contribution in [1.29, 1.82) is 0 Å². The summed E-state index contributed by atoms with van der Waals surface area (Å²) in [6.07, 6.45) is 6.79. The zero-order valence-electron chi connectivity index (χ0n) is 14.7. The zero-order valence-corrected chi connectivity index (χ0v) is 17.0. The summed E-state index contributed by atoms with van der Waals surface area (Å²) in [6.45, 7) is 0.554. The maximum Gasteiger partial charge on any atom is 0.264 e. The Bertz CT molecular complexity index is 875. The van der Waals surface area contributed by atoms with E-state index in [1.807, 2.05) is 16.8 Å². The van der Waals surface area contributed by atoms with Gasteiger partial charge in [-0.1, -0.05) is 29.3 Å². The molecule has 0 bridgehead atoms. The van der Waals surface area contributed by atoms with E-state index >= 15 is 0 Å². The van der Waals surface area contributed by atoms with E-state index in [9.17, 15) is 8.42 Å². The highest BCUT2D eigenvalue weighted by Gasteiger charge is 2.42. The van der Waals surface area contributed by atoms with Crippen molar-refractivity contribution in [1.82, 2.24) is 9.55 Å². The number of hydrogen-bond donors (Lipinski definition) is 0. The van der Waals surface area contributed by atoms with Gasteiger partial charge in [0.15, 0.2) is 5.79 Å². The van der Waals surface area contributed by atoms with Gasteiger partial charge in [0.1, 0.15) is 6.10 Å². The van der Waals surface area contributed by atoms with Crippen LogP contribution in [0.4, 0.5) is 0 Å². The van der Waals surface area contributed by atoms with Crippen molar-refractivity contribution in [3.8, 4) is 0 Å². The van der Waals surface area contributed by atoms with E-state index in [-0.39, 0.29) is 13.2 Å². The smallest absolute Gasteiger partial charge is 0.264 e. The highest BCUT2D eigenvalue weighted by Crippen LogP contribution is 2.32. The van der Waals surface area contributed by atoms with Gasteiger partial charge in [-0.3, -0.25) is 4.18 Å². The van der Waals surface area contributed by atoms with Crippen molar-refractivity contribution in [3.05, 3.63) is 52.5 Å². The largest absolute Gasteiger partial charge is 0.345 e. The molecule has 0 radical (unpaired) electrons. The molecule has 0 aliphatic carbocycles. The number of nitrogens with zero attached hydrogens (tertiary/aromatic N) is 2. The molecule has 2 heterocycles. The maximum atomic E-state index is 11.2. The van der Waals surface area contributed by atoms with Crippen LogP contribution in [0.5, 0.6) is 0 Å². The van der Waals surface area contributed by atoms with Crippen molar-refractivity contribution < 1.29 is 22.1 Å². The molecule has 1 saturated heterocycles. The van der Waals surface area contributed by atoms with Gasteiger partial charge in [0.05, 0.1) is 32.3 Å². The lowest BCUT2D eigenvalue weighted by atomic mass is 10.0. The van der Waals surface area contributed by atoms with Gasteiger partial charge in [0.2, 0.25) is 0 Å². The summed E-state index contributed by atoms with van der Waals surface area (Å²) in [5, 5.41) is 1.15. The predicted octanol–water partition coefficient (Wildman–Crippen LogP) is 2.91. The summed E-state index contributed by atoms with van der Waals surface area (Å²) in [5.41, 5.74) is 0.925. The molecule has 0 spiro atoms. The first-order valence-corrected chi connectivity index (χ1v) is 10.9. The molecule has 27 heavy (non-hydrogen) atoms. The number of aryl methyl sites for hydroxylation is 1. The molecule has 10 heteroatoms. The number of aromatic nitrogens is 2. The number of benzene rings is 1. The molecular weight excluding hydrogens is 415 g/mol. The van der Waals surface area contributed by atoms with Crippen molar-refractivity contribution in [2.75, 3.05) is 19.5 Å². The van der Waals surface area contributed by atoms with E-state index in [0.717, 1.165) is 11.8 Å². The molecule has 148 valence electrons. The van der Waals surface area contributed by atoms with Crippen molar-refractivity contribution in [2.45, 2.75) is 31.3 Å². The average Bonchev–Trinajstić information content (AvgIpc) is 3.22. The summed E-state index contributed by atoms with van der Waals surface area (Å²) >= 11 is 12.2. The Labute approximate surface area is 168 Å². The number of halogens is 2. The monoisotopic (exact) mass is 434 g/mol. The van der Waals surface area contributed by atoms with Crippen LogP contribution in [0.3, 0.4) is 0 Å². The molecule has 2 aromatic rings. The van der Waals surface area contributed by atoms with E-state index < -0.39 is 22.0 Å². The Morgan fingerprint density at radius 2 is 2.22 bits per heavy atom. The molecule has 1 fully saturated rings. The minimum Gasteiger partial charge on any atom is -0.345 e. The third-order valence-corrected chi connectivity index (χ3v) is 5.31. The SMILES string of the molecule is CS(=O)(=O)OC[C@@H]1CO[C@](CCc2ccc(Cl)cc2Cl)(Cn2ccnc2)O1. The third kappa shape index (κ3) is 5.91. The van der Waals surface area contributed by atoms with Gasteiger partial charge in [0, 0.05) is 28.9 Å². The minimum atomic E-state index is -3.54. The minimum absolute atomic E-state index is 0.0911. The van der Waals surface area contributed by atoms with Gasteiger partial charge in [-0.15, -0.1) is 0 Å². The van der Waals surface area contributed by atoms with E-state index in [2.05, 4.69) is 4.98 Å². The lowest BCUT2D eigenvalue weighted by molar-refractivity contribution is -0.184. The number of ether oxygens (including phenoxy) is 2. The van der Waals surface area contributed by atoms with Gasteiger partial charge < -0.3 is 14.0 Å². The van der Waals surface area contributed by atoms with E-state index in [1.165, 1.54) is 0 Å². The highest BCUT2D eigenvalue weighted by atomic mass is 35.5. The van der Waals surface area contributed by atoms with Crippen LogP contribution in [0.2, 0.25) is 10.0 Å². The normalized spacial score (nSPS) is 23.0. The summed E-state index contributed by atoms with van der Waals surface area (Å²) in [5.74, 6) is -0.935. The Hall–Kier alpha value is -1.16. The van der Waals surface area contributed by atoms with E-state index in [1.54, 1.807) is 24.7 Å². The van der Waals surface area contributed by atoms with Crippen LogP contribution in [-0.4, -0.2) is 49.3 Å². The molecule has 1 aliphatic heterocycles. The van der Waals surface area contributed by atoms with Crippen LogP contribution < -0.4 is 0 Å². The molecule has 7 nitrogen and oxygen atoms in total. The Morgan fingerprint density at radius 3 is 2.89 bits per heavy atom. The van der Waals surface area contributed by atoms with Gasteiger partial charge in [-0.2, -0.15) is 8.42 Å². The second kappa shape index (κ2) is 8.46. The van der Waals surface area contributed by atoms with Gasteiger partial charge in [-0.05, 0) is 24.1 Å². The molecule has 0 unspecified atom stereocenters. The molecule has 0 N–H and O–H groups in total. The molecule has 1 aromatic heterocycles. The molecule has 3 rings (SSSR count). The Kier molecular flexibility index (Phi) is 6.45. The van der Waals surface area contributed by atoms with Gasteiger partial charge in [0.25, 0.3) is 10.1 Å². The lowest BCUT2D eigenvalue weighted by Gasteiger charge is -2.28. The van der Waals surface area contributed by atoms with Crippen LogP contribution in [0, 0.1) is 0 Å². The molecule has 1 aliphatic rings.